The van der Waals surface area contributed by atoms with E-state index >= 15 is 0 Å². The van der Waals surface area contributed by atoms with E-state index in [1.165, 1.54) is 0 Å². The minimum Gasteiger partial charge on any atom is -0.381 e. The van der Waals surface area contributed by atoms with Gasteiger partial charge in [-0.3, -0.25) is 4.18 Å². The lowest BCUT2D eigenvalue weighted by molar-refractivity contribution is -0.0550. The summed E-state index contributed by atoms with van der Waals surface area (Å²) in [5.41, 5.74) is -5.34. The van der Waals surface area contributed by atoms with Crippen LogP contribution in [-0.4, -0.2) is 33.7 Å². The summed E-state index contributed by atoms with van der Waals surface area (Å²) < 4.78 is 64.8. The predicted octanol–water partition coefficient (Wildman–Crippen LogP) is 0.889. The summed E-state index contributed by atoms with van der Waals surface area (Å²) in [5.74, 6) is -0.271. The van der Waals surface area contributed by atoms with Crippen molar-refractivity contribution < 1.29 is 30.5 Å². The summed E-state index contributed by atoms with van der Waals surface area (Å²) >= 11 is 0. The fourth-order valence-electron chi connectivity index (χ4n) is 0.967. The lowest BCUT2D eigenvalue weighted by Crippen LogP contribution is -2.27. The molecule has 1 unspecified atom stereocenters. The predicted molar refractivity (Wildman–Crippen MR) is 39.9 cm³/mol. The first-order valence-corrected chi connectivity index (χ1v) is 5.27. The van der Waals surface area contributed by atoms with E-state index in [0.29, 0.717) is 13.0 Å². The van der Waals surface area contributed by atoms with Crippen molar-refractivity contribution >= 4 is 10.1 Å². The van der Waals surface area contributed by atoms with Gasteiger partial charge in [-0.2, -0.15) is 21.6 Å². The largest absolute Gasteiger partial charge is 0.523 e. The molecule has 14 heavy (non-hydrogen) atoms. The van der Waals surface area contributed by atoms with Gasteiger partial charge in [0.2, 0.25) is 0 Å². The van der Waals surface area contributed by atoms with Gasteiger partial charge in [0, 0.05) is 12.5 Å². The molecule has 0 spiro atoms. The van der Waals surface area contributed by atoms with Gasteiger partial charge in [-0.1, -0.05) is 0 Å². The summed E-state index contributed by atoms with van der Waals surface area (Å²) in [7, 11) is -5.44. The van der Waals surface area contributed by atoms with Crippen LogP contribution < -0.4 is 0 Å². The van der Waals surface area contributed by atoms with Crippen LogP contribution in [0.5, 0.6) is 0 Å². The maximum absolute atomic E-state index is 11.8. The number of halogens is 3. The van der Waals surface area contributed by atoms with Crippen LogP contribution >= 0.6 is 0 Å². The lowest BCUT2D eigenvalue weighted by atomic mass is 10.1. The topological polar surface area (TPSA) is 52.6 Å². The first-order valence-electron chi connectivity index (χ1n) is 3.86. The van der Waals surface area contributed by atoms with E-state index in [9.17, 15) is 21.6 Å². The summed E-state index contributed by atoms with van der Waals surface area (Å²) in [6.45, 7) is 0.204. The van der Waals surface area contributed by atoms with Crippen LogP contribution in [0.1, 0.15) is 6.42 Å². The second-order valence-corrected chi connectivity index (χ2v) is 4.52. The third kappa shape index (κ3) is 2.82. The summed E-state index contributed by atoms with van der Waals surface area (Å²) in [5, 5.41) is 0. The molecule has 0 aromatic rings. The Morgan fingerprint density at radius 3 is 2.50 bits per heavy atom. The Morgan fingerprint density at radius 1 is 1.43 bits per heavy atom. The highest BCUT2D eigenvalue weighted by Gasteiger charge is 2.47. The maximum atomic E-state index is 11.8. The van der Waals surface area contributed by atoms with E-state index in [1.807, 2.05) is 0 Å². The van der Waals surface area contributed by atoms with Crippen molar-refractivity contribution in [2.24, 2.45) is 5.92 Å². The zero-order valence-electron chi connectivity index (χ0n) is 7.08. The number of hydrogen-bond donors (Lipinski definition) is 0. The van der Waals surface area contributed by atoms with Gasteiger partial charge >= 0.3 is 15.6 Å². The van der Waals surface area contributed by atoms with Crippen molar-refractivity contribution in [2.45, 2.75) is 11.9 Å². The standard InChI is InChI=1S/C6H9F3O4S/c7-6(8,9)14(10,11)13-4-5-1-2-12-3-5/h5H,1-4H2. The molecule has 0 aliphatic carbocycles. The molecular weight excluding hydrogens is 225 g/mol. The van der Waals surface area contributed by atoms with Crippen LogP contribution in [0.2, 0.25) is 0 Å². The maximum Gasteiger partial charge on any atom is 0.523 e. The van der Waals surface area contributed by atoms with Gasteiger partial charge in [0.1, 0.15) is 0 Å². The third-order valence-corrected chi connectivity index (χ3v) is 2.78. The lowest BCUT2D eigenvalue weighted by Gasteiger charge is -2.10. The number of alkyl halides is 3. The fourth-order valence-corrected chi connectivity index (χ4v) is 1.47. The van der Waals surface area contributed by atoms with Crippen LogP contribution in [-0.2, 0) is 19.0 Å². The molecule has 0 amide bonds. The normalized spacial score (nSPS) is 24.1. The molecule has 1 fully saturated rings. The molecule has 4 nitrogen and oxygen atoms in total. The van der Waals surface area contributed by atoms with Crippen molar-refractivity contribution in [3.8, 4) is 0 Å². The van der Waals surface area contributed by atoms with Gasteiger partial charge in [-0.25, -0.2) is 0 Å². The molecule has 0 bridgehead atoms. The molecule has 8 heteroatoms. The molecule has 84 valence electrons. The molecule has 0 N–H and O–H groups in total. The van der Waals surface area contributed by atoms with Crippen molar-refractivity contribution in [1.82, 2.24) is 0 Å². The van der Waals surface area contributed by atoms with Crippen LogP contribution in [0.3, 0.4) is 0 Å². The molecule has 0 aromatic heterocycles. The van der Waals surface area contributed by atoms with Gasteiger partial charge in [-0.15, -0.1) is 0 Å². The molecule has 1 aliphatic heterocycles. The molecule has 0 radical (unpaired) electrons. The molecular formula is C6H9F3O4S. The van der Waals surface area contributed by atoms with Gasteiger partial charge in [0.05, 0.1) is 13.2 Å². The summed E-state index contributed by atoms with van der Waals surface area (Å²) in [6, 6.07) is 0. The molecule has 1 atom stereocenters. The van der Waals surface area contributed by atoms with Crippen molar-refractivity contribution in [1.29, 1.82) is 0 Å². The van der Waals surface area contributed by atoms with E-state index in [-0.39, 0.29) is 12.5 Å². The average Bonchev–Trinajstić information content (AvgIpc) is 2.50. The van der Waals surface area contributed by atoms with E-state index in [0.717, 1.165) is 0 Å². The molecule has 0 saturated carbocycles. The zero-order chi connectivity index (χ0) is 10.8. The molecule has 0 aromatic carbocycles. The highest BCUT2D eigenvalue weighted by atomic mass is 32.2. The van der Waals surface area contributed by atoms with Crippen LogP contribution in [0.4, 0.5) is 13.2 Å². The second-order valence-electron chi connectivity index (χ2n) is 2.91. The summed E-state index contributed by atoms with van der Waals surface area (Å²) in [4.78, 5) is 0. The highest BCUT2D eigenvalue weighted by Crippen LogP contribution is 2.25. The van der Waals surface area contributed by atoms with E-state index in [1.54, 1.807) is 0 Å². The Kier molecular flexibility index (Phi) is 3.38. The first kappa shape index (κ1) is 11.7. The number of hydrogen-bond acceptors (Lipinski definition) is 4. The van der Waals surface area contributed by atoms with Crippen LogP contribution in [0.25, 0.3) is 0 Å². The number of rotatable bonds is 3. The van der Waals surface area contributed by atoms with E-state index in [2.05, 4.69) is 4.18 Å². The fraction of sp³-hybridized carbons (Fsp3) is 1.00. The monoisotopic (exact) mass is 234 g/mol. The van der Waals surface area contributed by atoms with E-state index < -0.39 is 22.2 Å². The smallest absolute Gasteiger partial charge is 0.381 e. The molecule has 1 rings (SSSR count). The highest BCUT2D eigenvalue weighted by molar-refractivity contribution is 7.87. The van der Waals surface area contributed by atoms with Gasteiger partial charge in [0.15, 0.2) is 0 Å². The quantitative estimate of drug-likeness (QED) is 0.537. The van der Waals surface area contributed by atoms with Gasteiger partial charge in [0.25, 0.3) is 0 Å². The molecule has 1 aliphatic rings. The Balaban J connectivity index is 2.44. The Morgan fingerprint density at radius 2 is 2.07 bits per heavy atom. The average molecular weight is 234 g/mol. The Hall–Kier alpha value is -0.340. The first-order chi connectivity index (χ1) is 6.33. The molecule has 1 heterocycles. The van der Waals surface area contributed by atoms with Crippen LogP contribution in [0.15, 0.2) is 0 Å². The minimum absolute atomic E-state index is 0.243. The Bertz CT molecular complexity index is 278. The van der Waals surface area contributed by atoms with Crippen molar-refractivity contribution in [3.05, 3.63) is 0 Å². The van der Waals surface area contributed by atoms with Gasteiger partial charge < -0.3 is 4.74 Å². The SMILES string of the molecule is O=S(=O)(OCC1CCOC1)C(F)(F)F. The third-order valence-electron chi connectivity index (χ3n) is 1.77. The number of ether oxygens (including phenoxy) is 1. The molecule has 1 saturated heterocycles. The van der Waals surface area contributed by atoms with Gasteiger partial charge in [-0.05, 0) is 6.42 Å². The second kappa shape index (κ2) is 4.03. The van der Waals surface area contributed by atoms with E-state index in [4.69, 9.17) is 4.74 Å². The zero-order valence-corrected chi connectivity index (χ0v) is 7.90. The minimum atomic E-state index is -5.44. The Labute approximate surface area is 79.1 Å². The van der Waals surface area contributed by atoms with Crippen molar-refractivity contribution in [2.75, 3.05) is 19.8 Å². The van der Waals surface area contributed by atoms with Crippen LogP contribution in [0, 0.1) is 5.92 Å². The van der Waals surface area contributed by atoms with Crippen molar-refractivity contribution in [3.63, 3.8) is 0 Å². The summed E-state index contributed by atoms with van der Waals surface area (Å²) in [6.07, 6.45) is 0.521.